The molecule has 4 nitrogen and oxygen atoms in total. The van der Waals surface area contributed by atoms with Crippen LogP contribution in [0, 0.1) is 0 Å². The van der Waals surface area contributed by atoms with Crippen LogP contribution >= 0.6 is 23.4 Å². The summed E-state index contributed by atoms with van der Waals surface area (Å²) in [4.78, 5) is 21.7. The Hall–Kier alpha value is -2.63. The van der Waals surface area contributed by atoms with E-state index in [4.69, 9.17) is 11.6 Å². The number of aromatic nitrogens is 1. The Labute approximate surface area is 153 Å². The van der Waals surface area contributed by atoms with Gasteiger partial charge in [0, 0.05) is 17.1 Å². The SMILES string of the molecule is O=C1NC(=Nc2ccccc2Cl)SC1=Cc1cccc2cccnc12. The number of nitrogens with zero attached hydrogens (tertiary/aromatic N) is 2. The number of amides is 1. The lowest BCUT2D eigenvalue weighted by Crippen LogP contribution is -2.19. The molecule has 0 atom stereocenters. The zero-order valence-electron chi connectivity index (χ0n) is 12.9. The molecule has 1 aromatic heterocycles. The van der Waals surface area contributed by atoms with Crippen LogP contribution in [0.1, 0.15) is 5.56 Å². The van der Waals surface area contributed by atoms with Crippen LogP contribution in [-0.4, -0.2) is 16.1 Å². The molecule has 2 heterocycles. The molecule has 1 fully saturated rings. The van der Waals surface area contributed by atoms with Crippen molar-refractivity contribution in [3.63, 3.8) is 0 Å². The molecule has 0 bridgehead atoms. The third kappa shape index (κ3) is 3.29. The quantitative estimate of drug-likeness (QED) is 0.665. The lowest BCUT2D eigenvalue weighted by Gasteiger charge is -2.01. The van der Waals surface area contributed by atoms with Gasteiger partial charge in [0.05, 0.1) is 21.1 Å². The highest BCUT2D eigenvalue weighted by atomic mass is 35.5. The van der Waals surface area contributed by atoms with E-state index in [-0.39, 0.29) is 5.91 Å². The van der Waals surface area contributed by atoms with Crippen molar-refractivity contribution >= 4 is 57.1 Å². The van der Waals surface area contributed by atoms with E-state index in [0.29, 0.717) is 20.8 Å². The number of nitrogens with one attached hydrogen (secondary N) is 1. The third-order valence-corrected chi connectivity index (χ3v) is 4.91. The molecule has 1 N–H and O–H groups in total. The zero-order chi connectivity index (χ0) is 17.2. The normalized spacial score (nSPS) is 17.4. The number of hydrogen-bond donors (Lipinski definition) is 1. The second-order valence-electron chi connectivity index (χ2n) is 5.36. The van der Waals surface area contributed by atoms with Gasteiger partial charge in [0.25, 0.3) is 5.91 Å². The molecule has 6 heteroatoms. The second-order valence-corrected chi connectivity index (χ2v) is 6.79. The molecule has 0 aliphatic carbocycles. The minimum absolute atomic E-state index is 0.177. The molecule has 1 aliphatic heterocycles. The van der Waals surface area contributed by atoms with E-state index in [1.165, 1.54) is 11.8 Å². The molecule has 1 amide bonds. The summed E-state index contributed by atoms with van der Waals surface area (Å²) >= 11 is 7.41. The molecule has 0 saturated carbocycles. The van der Waals surface area contributed by atoms with Crippen molar-refractivity contribution in [1.82, 2.24) is 10.3 Å². The predicted octanol–water partition coefficient (Wildman–Crippen LogP) is 4.78. The predicted molar refractivity (Wildman–Crippen MR) is 104 cm³/mol. The first-order valence-corrected chi connectivity index (χ1v) is 8.78. The molecule has 3 aromatic rings. The summed E-state index contributed by atoms with van der Waals surface area (Å²) in [6.07, 6.45) is 3.58. The maximum Gasteiger partial charge on any atom is 0.264 e. The van der Waals surface area contributed by atoms with Crippen molar-refractivity contribution in [1.29, 1.82) is 0 Å². The minimum Gasteiger partial charge on any atom is -0.300 e. The van der Waals surface area contributed by atoms with Gasteiger partial charge >= 0.3 is 0 Å². The Morgan fingerprint density at radius 1 is 1.08 bits per heavy atom. The Morgan fingerprint density at radius 2 is 1.92 bits per heavy atom. The highest BCUT2D eigenvalue weighted by Gasteiger charge is 2.24. The van der Waals surface area contributed by atoms with Gasteiger partial charge in [0.1, 0.15) is 0 Å². The first-order chi connectivity index (χ1) is 12.2. The summed E-state index contributed by atoms with van der Waals surface area (Å²) in [6, 6.07) is 17.0. The van der Waals surface area contributed by atoms with Gasteiger partial charge in [-0.3, -0.25) is 9.78 Å². The number of halogens is 1. The van der Waals surface area contributed by atoms with Gasteiger partial charge in [-0.25, -0.2) is 4.99 Å². The number of carbonyl (C=O) groups excluding carboxylic acids is 1. The van der Waals surface area contributed by atoms with Gasteiger partial charge in [-0.1, -0.05) is 48.0 Å². The summed E-state index contributed by atoms with van der Waals surface area (Å²) in [5.74, 6) is -0.177. The van der Waals surface area contributed by atoms with Crippen LogP contribution in [0.25, 0.3) is 17.0 Å². The third-order valence-electron chi connectivity index (χ3n) is 3.68. The van der Waals surface area contributed by atoms with Crippen molar-refractivity contribution in [3.8, 4) is 0 Å². The highest BCUT2D eigenvalue weighted by molar-refractivity contribution is 8.18. The van der Waals surface area contributed by atoms with Crippen LogP contribution in [-0.2, 0) is 4.79 Å². The number of carbonyl (C=O) groups is 1. The van der Waals surface area contributed by atoms with E-state index in [2.05, 4.69) is 15.3 Å². The smallest absolute Gasteiger partial charge is 0.264 e. The summed E-state index contributed by atoms with van der Waals surface area (Å²) in [5.41, 5.74) is 2.39. The molecule has 0 radical (unpaired) electrons. The van der Waals surface area contributed by atoms with E-state index in [9.17, 15) is 4.79 Å². The van der Waals surface area contributed by atoms with Crippen molar-refractivity contribution in [2.45, 2.75) is 0 Å². The number of pyridine rings is 1. The number of aliphatic imine (C=N–C) groups is 1. The standard InChI is InChI=1S/C19H12ClN3OS/c20-14-8-1-2-9-15(14)22-19-23-18(24)16(25-19)11-13-6-3-5-12-7-4-10-21-17(12)13/h1-11H,(H,22,23,24). The number of thioether (sulfide) groups is 1. The largest absolute Gasteiger partial charge is 0.300 e. The van der Waals surface area contributed by atoms with E-state index in [0.717, 1.165) is 16.5 Å². The van der Waals surface area contributed by atoms with Crippen LogP contribution in [0.2, 0.25) is 5.02 Å². The molecule has 1 aliphatic rings. The van der Waals surface area contributed by atoms with Gasteiger partial charge in [-0.05, 0) is 36.0 Å². The molecule has 0 spiro atoms. The van der Waals surface area contributed by atoms with Crippen molar-refractivity contribution in [2.24, 2.45) is 4.99 Å². The summed E-state index contributed by atoms with van der Waals surface area (Å²) in [6.45, 7) is 0. The number of hydrogen-bond acceptors (Lipinski definition) is 4. The first kappa shape index (κ1) is 15.9. The van der Waals surface area contributed by atoms with Crippen molar-refractivity contribution in [3.05, 3.63) is 76.3 Å². The maximum absolute atomic E-state index is 12.3. The number of fused-ring (bicyclic) bond motifs is 1. The summed E-state index contributed by atoms with van der Waals surface area (Å²) < 4.78 is 0. The fourth-order valence-electron chi connectivity index (χ4n) is 2.52. The summed E-state index contributed by atoms with van der Waals surface area (Å²) in [5, 5.41) is 4.86. The Kier molecular flexibility index (Phi) is 4.26. The van der Waals surface area contributed by atoms with Gasteiger partial charge in [-0.15, -0.1) is 0 Å². The van der Waals surface area contributed by atoms with Crippen molar-refractivity contribution < 1.29 is 4.79 Å². The maximum atomic E-state index is 12.3. The van der Waals surface area contributed by atoms with E-state index >= 15 is 0 Å². The van der Waals surface area contributed by atoms with Crippen LogP contribution in [0.3, 0.4) is 0 Å². The minimum atomic E-state index is -0.177. The van der Waals surface area contributed by atoms with E-state index < -0.39 is 0 Å². The molecule has 0 unspecified atom stereocenters. The molecule has 25 heavy (non-hydrogen) atoms. The monoisotopic (exact) mass is 365 g/mol. The Bertz CT molecular complexity index is 1040. The summed E-state index contributed by atoms with van der Waals surface area (Å²) in [7, 11) is 0. The average molecular weight is 366 g/mol. The van der Waals surface area contributed by atoms with Crippen LogP contribution in [0.5, 0.6) is 0 Å². The lowest BCUT2D eigenvalue weighted by atomic mass is 10.1. The van der Waals surface area contributed by atoms with E-state index in [1.54, 1.807) is 18.3 Å². The fourth-order valence-corrected chi connectivity index (χ4v) is 3.52. The lowest BCUT2D eigenvalue weighted by molar-refractivity contribution is -0.115. The molecule has 122 valence electrons. The molecular formula is C19H12ClN3OS. The molecule has 4 rings (SSSR count). The van der Waals surface area contributed by atoms with Crippen LogP contribution < -0.4 is 5.32 Å². The van der Waals surface area contributed by atoms with Gasteiger partial charge in [0.15, 0.2) is 5.17 Å². The van der Waals surface area contributed by atoms with Crippen molar-refractivity contribution in [2.75, 3.05) is 0 Å². The van der Waals surface area contributed by atoms with Crippen LogP contribution in [0.15, 0.2) is 70.7 Å². The highest BCUT2D eigenvalue weighted by Crippen LogP contribution is 2.31. The molecule has 2 aromatic carbocycles. The zero-order valence-corrected chi connectivity index (χ0v) is 14.5. The van der Waals surface area contributed by atoms with E-state index in [1.807, 2.05) is 48.5 Å². The number of rotatable bonds is 2. The fraction of sp³-hybridized carbons (Fsp3) is 0. The second kappa shape index (κ2) is 6.70. The van der Waals surface area contributed by atoms with Crippen LogP contribution in [0.4, 0.5) is 5.69 Å². The van der Waals surface area contributed by atoms with Gasteiger partial charge < -0.3 is 5.32 Å². The number of para-hydroxylation sites is 2. The van der Waals surface area contributed by atoms with Gasteiger partial charge in [0.2, 0.25) is 0 Å². The number of benzene rings is 2. The molecule has 1 saturated heterocycles. The Balaban J connectivity index is 1.69. The first-order valence-electron chi connectivity index (χ1n) is 7.58. The van der Waals surface area contributed by atoms with Gasteiger partial charge in [-0.2, -0.15) is 0 Å². The molecular weight excluding hydrogens is 354 g/mol. The average Bonchev–Trinajstić information content (AvgIpc) is 2.97. The topological polar surface area (TPSA) is 54.4 Å². The Morgan fingerprint density at radius 3 is 2.80 bits per heavy atom. The number of amidine groups is 1.